The normalized spacial score (nSPS) is 14.7. The van der Waals surface area contributed by atoms with Crippen molar-refractivity contribution in [3.05, 3.63) is 64.8 Å². The number of allylic oxidation sites excluding steroid dienone is 4. The molecule has 0 atom stereocenters. The topological polar surface area (TPSA) is 0 Å². The van der Waals surface area contributed by atoms with Crippen molar-refractivity contribution in [1.82, 2.24) is 0 Å². The summed E-state index contributed by atoms with van der Waals surface area (Å²) >= 11 is 0. The molecule has 2 aromatic rings. The first-order chi connectivity index (χ1) is 9.85. The molecule has 2 aromatic carbocycles. The molecular weight excluding hydrogens is 503 g/mol. The molecule has 0 bridgehead atoms. The molecule has 0 radical (unpaired) electrons. The van der Waals surface area contributed by atoms with E-state index in [9.17, 15) is 0 Å². The molecule has 0 N–H and O–H groups in total. The van der Waals surface area contributed by atoms with Gasteiger partial charge >= 0.3 is 26.2 Å². The van der Waals surface area contributed by atoms with Gasteiger partial charge in [0.05, 0.1) is 0 Å². The van der Waals surface area contributed by atoms with Crippen molar-refractivity contribution in [1.29, 1.82) is 0 Å². The monoisotopic (exact) mass is 526 g/mol. The Morgan fingerprint density at radius 3 is 2.00 bits per heavy atom. The van der Waals surface area contributed by atoms with E-state index in [0.717, 1.165) is 6.42 Å². The van der Waals surface area contributed by atoms with Crippen LogP contribution in [-0.2, 0) is 32.6 Å². The summed E-state index contributed by atoms with van der Waals surface area (Å²) in [4.78, 5) is 0. The molecule has 0 nitrogen and oxygen atoms in total. The van der Waals surface area contributed by atoms with Gasteiger partial charge in [0.25, 0.3) is 0 Å². The van der Waals surface area contributed by atoms with Crippen LogP contribution in [0.15, 0.2) is 53.1 Å². The van der Waals surface area contributed by atoms with Crippen molar-refractivity contribution in [3.8, 4) is 0 Å². The Balaban J connectivity index is 0. The Labute approximate surface area is 187 Å². The van der Waals surface area contributed by atoms with Crippen LogP contribution >= 0.6 is 0 Å². The molecular formula is C21H26Br2Zr. The zero-order valence-corrected chi connectivity index (χ0v) is 21.1. The number of halogens is 2. The number of fused-ring (bicyclic) bond motifs is 1. The molecule has 3 rings (SSSR count). The fourth-order valence-electron chi connectivity index (χ4n) is 2.83. The van der Waals surface area contributed by atoms with Crippen LogP contribution in [0.5, 0.6) is 0 Å². The predicted molar refractivity (Wildman–Crippen MR) is 93.5 cm³/mol. The second-order valence-corrected chi connectivity index (χ2v) is 6.47. The van der Waals surface area contributed by atoms with Gasteiger partial charge in [-0.1, -0.05) is 46.1 Å². The van der Waals surface area contributed by atoms with Crippen LogP contribution in [0.4, 0.5) is 0 Å². The van der Waals surface area contributed by atoms with Crippen molar-refractivity contribution in [2.45, 2.75) is 48.0 Å². The minimum absolute atomic E-state index is 0. The number of aryl methyl sites for hydroxylation is 1. The van der Waals surface area contributed by atoms with Crippen molar-refractivity contribution in [2.24, 2.45) is 5.41 Å². The predicted octanol–water partition coefficient (Wildman–Crippen LogP) is 0.239. The molecule has 0 amide bonds. The summed E-state index contributed by atoms with van der Waals surface area (Å²) < 4.78 is 0. The number of rotatable bonds is 1. The molecule has 3 heteroatoms. The summed E-state index contributed by atoms with van der Waals surface area (Å²) in [5.41, 5.74) is 5.83. The van der Waals surface area contributed by atoms with Crippen molar-refractivity contribution < 1.29 is 60.2 Å². The third kappa shape index (κ3) is 6.15. The Bertz CT molecular complexity index is 672. The molecule has 0 fully saturated rings. The van der Waals surface area contributed by atoms with Crippen molar-refractivity contribution in [2.75, 3.05) is 0 Å². The first kappa shape index (κ1) is 26.4. The maximum Gasteiger partial charge on any atom is 4.00 e. The minimum atomic E-state index is 0. The van der Waals surface area contributed by atoms with Crippen LogP contribution in [0, 0.1) is 11.5 Å². The van der Waals surface area contributed by atoms with Crippen molar-refractivity contribution >= 4 is 10.8 Å². The molecule has 1 aliphatic carbocycles. The van der Waals surface area contributed by atoms with E-state index in [-0.39, 0.29) is 65.6 Å². The quantitative estimate of drug-likeness (QED) is 0.465. The first-order valence-electron chi connectivity index (χ1n) is 7.79. The minimum Gasteiger partial charge on any atom is -1.00 e. The van der Waals surface area contributed by atoms with Crippen LogP contribution < -0.4 is 34.0 Å². The molecule has 128 valence electrons. The number of benzene rings is 1. The fraction of sp³-hybridized carbons (Fsp3) is 0.381. The largest absolute Gasteiger partial charge is 4.00 e. The average molecular weight is 529 g/mol. The summed E-state index contributed by atoms with van der Waals surface area (Å²) in [6.07, 6.45) is 4.57. The molecule has 24 heavy (non-hydrogen) atoms. The molecule has 0 saturated carbocycles. The van der Waals surface area contributed by atoms with Crippen LogP contribution in [0.3, 0.4) is 0 Å². The molecule has 0 aliphatic heterocycles. The molecule has 1 aliphatic rings. The van der Waals surface area contributed by atoms with E-state index in [2.05, 4.69) is 84.0 Å². The Hall–Kier alpha value is 0.153. The summed E-state index contributed by atoms with van der Waals surface area (Å²) in [6, 6.07) is 13.0. The smallest absolute Gasteiger partial charge is 1.00 e. The molecule has 0 saturated heterocycles. The van der Waals surface area contributed by atoms with E-state index in [1.54, 1.807) is 0 Å². The van der Waals surface area contributed by atoms with Crippen LogP contribution in [0.1, 0.15) is 47.1 Å². The molecule has 0 heterocycles. The SMILES string of the molecule is CC1=[C-]C(C)(C)C(C)=C1C.CCc1cc2ccccc2[cH-]1.[Br-].[Br-].[Zr+4]. The first-order valence-corrected chi connectivity index (χ1v) is 7.79. The third-order valence-corrected chi connectivity index (χ3v) is 4.65. The maximum atomic E-state index is 3.44. The Morgan fingerprint density at radius 2 is 1.62 bits per heavy atom. The van der Waals surface area contributed by atoms with E-state index in [4.69, 9.17) is 0 Å². The van der Waals surface area contributed by atoms with E-state index in [0.29, 0.717) is 0 Å². The Kier molecular flexibility index (Phi) is 12.1. The standard InChI is InChI=1S/C11H11.C10H15.2BrH.Zr/c1-2-9-7-10-5-3-4-6-11(10)8-9;1-7-6-10(4,5)9(3)8(7)2;;;/h3-8H,2H2,1H3;1-5H3;2*1H;/q2*-1;;;+4/p-2. The summed E-state index contributed by atoms with van der Waals surface area (Å²) in [5.74, 6) is 0. The van der Waals surface area contributed by atoms with Gasteiger partial charge < -0.3 is 34.0 Å². The van der Waals surface area contributed by atoms with Gasteiger partial charge in [0.2, 0.25) is 0 Å². The number of hydrogen-bond donors (Lipinski definition) is 0. The second-order valence-electron chi connectivity index (χ2n) is 6.47. The van der Waals surface area contributed by atoms with Crippen molar-refractivity contribution in [3.63, 3.8) is 0 Å². The van der Waals surface area contributed by atoms with E-state index in [1.165, 1.54) is 33.1 Å². The molecule has 0 spiro atoms. The van der Waals surface area contributed by atoms with Crippen LogP contribution in [-0.4, -0.2) is 0 Å². The zero-order valence-electron chi connectivity index (χ0n) is 15.4. The summed E-state index contributed by atoms with van der Waals surface area (Å²) in [7, 11) is 0. The van der Waals surface area contributed by atoms with Gasteiger partial charge in [-0.3, -0.25) is 6.08 Å². The van der Waals surface area contributed by atoms with E-state index < -0.39 is 0 Å². The van der Waals surface area contributed by atoms with E-state index >= 15 is 0 Å². The third-order valence-electron chi connectivity index (χ3n) is 4.65. The van der Waals surface area contributed by atoms with Gasteiger partial charge in [0.15, 0.2) is 0 Å². The maximum absolute atomic E-state index is 3.44. The van der Waals surface area contributed by atoms with Gasteiger partial charge in [-0.2, -0.15) is 17.2 Å². The summed E-state index contributed by atoms with van der Waals surface area (Å²) in [5, 5.41) is 2.73. The molecule has 0 aromatic heterocycles. The number of hydrogen-bond acceptors (Lipinski definition) is 0. The van der Waals surface area contributed by atoms with E-state index in [1.807, 2.05) is 0 Å². The van der Waals surface area contributed by atoms with Gasteiger partial charge in [-0.15, -0.1) is 47.5 Å². The van der Waals surface area contributed by atoms with Gasteiger partial charge in [-0.05, 0) is 6.42 Å². The average Bonchev–Trinajstić information content (AvgIpc) is 2.95. The fourth-order valence-corrected chi connectivity index (χ4v) is 2.83. The summed E-state index contributed by atoms with van der Waals surface area (Å²) in [6.45, 7) is 13.1. The van der Waals surface area contributed by atoms with Crippen LogP contribution in [0.25, 0.3) is 10.8 Å². The second kappa shape index (κ2) is 11.0. The Morgan fingerprint density at radius 1 is 1.04 bits per heavy atom. The molecule has 0 unspecified atom stereocenters. The van der Waals surface area contributed by atoms with Gasteiger partial charge in [0.1, 0.15) is 0 Å². The van der Waals surface area contributed by atoms with Gasteiger partial charge in [-0.25, -0.2) is 5.57 Å². The van der Waals surface area contributed by atoms with Crippen LogP contribution in [0.2, 0.25) is 0 Å². The zero-order chi connectivity index (χ0) is 15.6. The van der Waals surface area contributed by atoms with Gasteiger partial charge in [0, 0.05) is 0 Å².